The zero-order chi connectivity index (χ0) is 24.6. The number of ether oxygens (including phenoxy) is 2. The van der Waals surface area contributed by atoms with Crippen molar-refractivity contribution >= 4 is 11.9 Å². The lowest BCUT2D eigenvalue weighted by Crippen LogP contribution is -2.53. The van der Waals surface area contributed by atoms with Crippen LogP contribution in [0.15, 0.2) is 48.5 Å². The maximum atomic E-state index is 13.8. The molecular formula is C28H35N3O4. The molecule has 0 aliphatic carbocycles. The second kappa shape index (κ2) is 9.19. The number of amides is 3. The fourth-order valence-corrected chi connectivity index (χ4v) is 5.93. The molecule has 3 aliphatic rings. The van der Waals surface area contributed by atoms with Gasteiger partial charge in [-0.1, -0.05) is 30.3 Å². The van der Waals surface area contributed by atoms with E-state index in [-0.39, 0.29) is 11.9 Å². The molecule has 1 unspecified atom stereocenters. The van der Waals surface area contributed by atoms with Crippen molar-refractivity contribution in [1.82, 2.24) is 15.1 Å². The van der Waals surface area contributed by atoms with Gasteiger partial charge in [0, 0.05) is 18.5 Å². The number of hydrogen-bond acceptors (Lipinski definition) is 5. The van der Waals surface area contributed by atoms with E-state index in [1.807, 2.05) is 32.0 Å². The molecule has 7 nitrogen and oxygen atoms in total. The predicted octanol–water partition coefficient (Wildman–Crippen LogP) is 4.27. The summed E-state index contributed by atoms with van der Waals surface area (Å²) < 4.78 is 11.5. The highest BCUT2D eigenvalue weighted by Crippen LogP contribution is 2.47. The van der Waals surface area contributed by atoms with Crippen LogP contribution in [0.4, 0.5) is 4.79 Å². The topological polar surface area (TPSA) is 71.1 Å². The van der Waals surface area contributed by atoms with E-state index in [2.05, 4.69) is 40.5 Å². The smallest absolute Gasteiger partial charge is 0.325 e. The summed E-state index contributed by atoms with van der Waals surface area (Å²) in [6, 6.07) is 15.8. The summed E-state index contributed by atoms with van der Waals surface area (Å²) in [7, 11) is 1.59. The van der Waals surface area contributed by atoms with Gasteiger partial charge in [0.15, 0.2) is 5.54 Å². The normalized spacial score (nSPS) is 24.3. The van der Waals surface area contributed by atoms with Crippen LogP contribution in [0.3, 0.4) is 0 Å². The van der Waals surface area contributed by atoms with Crippen LogP contribution in [0, 0.1) is 0 Å². The molecule has 2 fully saturated rings. The van der Waals surface area contributed by atoms with E-state index in [0.717, 1.165) is 38.9 Å². The van der Waals surface area contributed by atoms with Crippen molar-refractivity contribution in [1.29, 1.82) is 0 Å². The van der Waals surface area contributed by atoms with E-state index in [1.165, 1.54) is 10.5 Å². The molecule has 2 aromatic rings. The molecule has 3 heterocycles. The minimum Gasteiger partial charge on any atom is -0.497 e. The fraction of sp³-hybridized carbons (Fsp3) is 0.500. The molecule has 3 amide bonds. The number of piperidine rings is 1. The maximum absolute atomic E-state index is 13.8. The molecule has 5 rings (SSSR count). The van der Waals surface area contributed by atoms with E-state index in [4.69, 9.17) is 9.47 Å². The van der Waals surface area contributed by atoms with Gasteiger partial charge in [-0.3, -0.25) is 9.69 Å². The van der Waals surface area contributed by atoms with Gasteiger partial charge >= 0.3 is 6.03 Å². The van der Waals surface area contributed by atoms with Crippen molar-refractivity contribution in [2.45, 2.75) is 56.6 Å². The molecule has 2 aromatic carbocycles. The molecule has 35 heavy (non-hydrogen) atoms. The third-order valence-electron chi connectivity index (χ3n) is 7.61. The number of nitrogens with zero attached hydrogens (tertiary/aromatic N) is 2. The first-order chi connectivity index (χ1) is 16.8. The van der Waals surface area contributed by atoms with Crippen LogP contribution >= 0.6 is 0 Å². The lowest BCUT2D eigenvalue weighted by molar-refractivity contribution is -0.134. The summed E-state index contributed by atoms with van der Waals surface area (Å²) in [5.74, 6) is 1.66. The summed E-state index contributed by atoms with van der Waals surface area (Å²) >= 11 is 0. The van der Waals surface area contributed by atoms with Gasteiger partial charge in [0.2, 0.25) is 0 Å². The highest BCUT2D eigenvalue weighted by Gasteiger charge is 2.58. The van der Waals surface area contributed by atoms with E-state index in [1.54, 1.807) is 7.11 Å². The number of imide groups is 1. The van der Waals surface area contributed by atoms with Gasteiger partial charge in [-0.2, -0.15) is 0 Å². The van der Waals surface area contributed by atoms with Gasteiger partial charge in [0.25, 0.3) is 5.91 Å². The van der Waals surface area contributed by atoms with Crippen molar-refractivity contribution in [2.75, 3.05) is 33.3 Å². The Labute approximate surface area is 207 Å². The summed E-state index contributed by atoms with van der Waals surface area (Å²) in [6.07, 6.45) is 3.41. The number of fused-ring (bicyclic) bond motifs is 2. The van der Waals surface area contributed by atoms with Crippen molar-refractivity contribution in [3.63, 3.8) is 0 Å². The van der Waals surface area contributed by atoms with Gasteiger partial charge in [0.1, 0.15) is 17.1 Å². The third-order valence-corrected chi connectivity index (χ3v) is 7.61. The van der Waals surface area contributed by atoms with E-state index < -0.39 is 11.1 Å². The van der Waals surface area contributed by atoms with E-state index >= 15 is 0 Å². The highest BCUT2D eigenvalue weighted by molar-refractivity contribution is 6.08. The minimum atomic E-state index is -1.13. The zero-order valence-electron chi connectivity index (χ0n) is 20.9. The number of carbonyl (C=O) groups excluding carboxylic acids is 2. The van der Waals surface area contributed by atoms with Crippen LogP contribution in [0.2, 0.25) is 0 Å². The number of benzene rings is 2. The number of carbonyl (C=O) groups is 2. The third kappa shape index (κ3) is 4.49. The lowest BCUT2D eigenvalue weighted by Gasteiger charge is -2.42. The van der Waals surface area contributed by atoms with Crippen LogP contribution in [-0.2, 0) is 10.3 Å². The van der Waals surface area contributed by atoms with Gasteiger partial charge in [0.05, 0.1) is 7.11 Å². The Morgan fingerprint density at radius 2 is 1.80 bits per heavy atom. The average molecular weight is 478 g/mol. The number of rotatable bonds is 6. The Balaban J connectivity index is 1.23. The van der Waals surface area contributed by atoms with Crippen LogP contribution in [-0.4, -0.2) is 60.6 Å². The molecule has 0 saturated carbocycles. The van der Waals surface area contributed by atoms with Crippen molar-refractivity contribution < 1.29 is 19.1 Å². The molecule has 1 atom stereocenters. The van der Waals surface area contributed by atoms with E-state index in [9.17, 15) is 9.59 Å². The molecule has 3 aliphatic heterocycles. The Bertz CT molecular complexity index is 1090. The first-order valence-corrected chi connectivity index (χ1v) is 12.6. The Morgan fingerprint density at radius 1 is 1.06 bits per heavy atom. The lowest BCUT2D eigenvalue weighted by atomic mass is 9.77. The minimum absolute atomic E-state index is 0.198. The van der Waals surface area contributed by atoms with Crippen LogP contribution in [0.25, 0.3) is 0 Å². The average Bonchev–Trinajstić information content (AvgIpc) is 3.08. The second-order valence-electron chi connectivity index (χ2n) is 10.6. The SMILES string of the molecule is COc1ccc2c(c1)C1(CC(C)(C)O2)NC(=O)N(CCCN2CCC(c3ccccc3)CC2)C1=O. The van der Waals surface area contributed by atoms with Crippen molar-refractivity contribution in [3.8, 4) is 11.5 Å². The van der Waals surface area contributed by atoms with Crippen LogP contribution in [0.5, 0.6) is 11.5 Å². The monoisotopic (exact) mass is 477 g/mol. The second-order valence-corrected chi connectivity index (χ2v) is 10.6. The van der Waals surface area contributed by atoms with Gasteiger partial charge in [-0.05, 0) is 82.4 Å². The fourth-order valence-electron chi connectivity index (χ4n) is 5.93. The van der Waals surface area contributed by atoms with Crippen molar-refractivity contribution in [2.24, 2.45) is 0 Å². The van der Waals surface area contributed by atoms with Gasteiger partial charge in [-0.25, -0.2) is 4.79 Å². The highest BCUT2D eigenvalue weighted by atomic mass is 16.5. The molecule has 2 saturated heterocycles. The summed E-state index contributed by atoms with van der Waals surface area (Å²) in [6.45, 7) is 7.27. The Kier molecular flexibility index (Phi) is 6.21. The standard InChI is InChI=1S/C28H35N3O4/c1-27(2)19-28(23-18-22(34-3)10-11-24(23)35-27)25(32)31(26(33)29-28)15-7-14-30-16-12-21(13-17-30)20-8-5-4-6-9-20/h4-6,8-11,18,21H,7,12-17,19H2,1-3H3,(H,29,33). The van der Waals surface area contributed by atoms with Gasteiger partial charge in [-0.15, -0.1) is 0 Å². The Hall–Kier alpha value is -3.06. The zero-order valence-corrected chi connectivity index (χ0v) is 20.9. The number of likely N-dealkylation sites (tertiary alicyclic amines) is 1. The molecule has 0 aromatic heterocycles. The van der Waals surface area contributed by atoms with E-state index in [0.29, 0.717) is 35.9 Å². The number of nitrogens with one attached hydrogen (secondary N) is 1. The number of hydrogen-bond donors (Lipinski definition) is 1. The molecule has 1 spiro atoms. The first kappa shape index (κ1) is 23.7. The molecule has 1 N–H and O–H groups in total. The molecule has 0 radical (unpaired) electrons. The largest absolute Gasteiger partial charge is 0.497 e. The molecule has 186 valence electrons. The first-order valence-electron chi connectivity index (χ1n) is 12.6. The van der Waals surface area contributed by atoms with Crippen LogP contribution < -0.4 is 14.8 Å². The Morgan fingerprint density at radius 3 is 2.51 bits per heavy atom. The number of methoxy groups -OCH3 is 1. The summed E-state index contributed by atoms with van der Waals surface area (Å²) in [5.41, 5.74) is 0.369. The molecular weight excluding hydrogens is 442 g/mol. The quantitative estimate of drug-likeness (QED) is 0.629. The molecule has 0 bridgehead atoms. The number of urea groups is 1. The predicted molar refractivity (Wildman–Crippen MR) is 134 cm³/mol. The van der Waals surface area contributed by atoms with Gasteiger partial charge < -0.3 is 19.7 Å². The van der Waals surface area contributed by atoms with Crippen molar-refractivity contribution in [3.05, 3.63) is 59.7 Å². The van der Waals surface area contributed by atoms with Crippen LogP contribution in [0.1, 0.15) is 56.6 Å². The molecule has 7 heteroatoms. The summed E-state index contributed by atoms with van der Waals surface area (Å²) in [4.78, 5) is 30.6. The maximum Gasteiger partial charge on any atom is 0.325 e. The summed E-state index contributed by atoms with van der Waals surface area (Å²) in [5, 5.41) is 3.03.